The Bertz CT molecular complexity index is 1150. The van der Waals surface area contributed by atoms with Crippen molar-refractivity contribution in [1.29, 1.82) is 0 Å². The Labute approximate surface area is 186 Å². The van der Waals surface area contributed by atoms with Gasteiger partial charge in [0.2, 0.25) is 6.10 Å². The van der Waals surface area contributed by atoms with E-state index in [2.05, 4.69) is 15.6 Å². The summed E-state index contributed by atoms with van der Waals surface area (Å²) < 4.78 is 17.4. The van der Waals surface area contributed by atoms with Gasteiger partial charge in [-0.05, 0) is 29.8 Å². The first-order valence-electron chi connectivity index (χ1n) is 9.25. The number of hydrogen-bond acceptors (Lipinski definition) is 8. The fourth-order valence-corrected chi connectivity index (χ4v) is 4.68. The second kappa shape index (κ2) is 8.67. The summed E-state index contributed by atoms with van der Waals surface area (Å²) in [6.07, 6.45) is 0.379. The summed E-state index contributed by atoms with van der Waals surface area (Å²) in [5.74, 6) is 2.47. The number of hydrogen-bond donors (Lipinski definition) is 0. The Balaban J connectivity index is 1.18. The molecule has 0 bridgehead atoms. The summed E-state index contributed by atoms with van der Waals surface area (Å²) in [6, 6.07) is 15.4. The van der Waals surface area contributed by atoms with E-state index in [1.807, 2.05) is 48.5 Å². The fraction of sp³-hybridized carbons (Fsp3) is 0.190. The van der Waals surface area contributed by atoms with E-state index >= 15 is 0 Å². The van der Waals surface area contributed by atoms with Crippen molar-refractivity contribution in [2.75, 3.05) is 6.61 Å². The molecule has 30 heavy (non-hydrogen) atoms. The monoisotopic (exact) mass is 457 g/mol. The molecular weight excluding hydrogens is 442 g/mol. The topological polar surface area (TPSA) is 70.3 Å². The molecule has 9 heteroatoms. The number of rotatable bonds is 6. The molecule has 3 heterocycles. The Morgan fingerprint density at radius 2 is 1.90 bits per heavy atom. The molecule has 2 aromatic heterocycles. The fourth-order valence-electron chi connectivity index (χ4n) is 2.96. The van der Waals surface area contributed by atoms with Gasteiger partial charge in [-0.2, -0.15) is 0 Å². The smallest absolute Gasteiger partial charge is 0.277 e. The number of nitrogens with zero attached hydrogens (tertiary/aromatic N) is 3. The van der Waals surface area contributed by atoms with Crippen LogP contribution in [-0.2, 0) is 12.2 Å². The zero-order chi connectivity index (χ0) is 20.3. The molecule has 0 saturated heterocycles. The standard InChI is InChI=1S/C21H16ClN3O3S2/c22-14-7-5-13(6-8-14)9-19-23-15(11-29-19)12-30-21-25-24-20(28-21)18-10-26-16-3-1-2-4-17(16)27-18/h1-8,11,18H,9-10,12H2. The maximum atomic E-state index is 5.94. The number of benzene rings is 2. The lowest BCUT2D eigenvalue weighted by Gasteiger charge is -2.23. The summed E-state index contributed by atoms with van der Waals surface area (Å²) in [5, 5.41) is 12.6. The van der Waals surface area contributed by atoms with Crippen LogP contribution in [0.1, 0.15) is 28.3 Å². The van der Waals surface area contributed by atoms with Crippen molar-refractivity contribution in [3.63, 3.8) is 0 Å². The summed E-state index contributed by atoms with van der Waals surface area (Å²) >= 11 is 9.04. The molecule has 0 N–H and O–H groups in total. The van der Waals surface area contributed by atoms with E-state index in [9.17, 15) is 0 Å². The van der Waals surface area contributed by atoms with E-state index in [0.717, 1.165) is 27.9 Å². The first-order valence-corrected chi connectivity index (χ1v) is 11.5. The minimum absolute atomic E-state index is 0.337. The molecule has 2 aromatic carbocycles. The number of thiazole rings is 1. The molecule has 1 aliphatic rings. The van der Waals surface area contributed by atoms with Crippen molar-refractivity contribution >= 4 is 34.7 Å². The Hall–Kier alpha value is -2.55. The summed E-state index contributed by atoms with van der Waals surface area (Å²) in [6.45, 7) is 0.337. The predicted octanol–water partition coefficient (Wildman–Crippen LogP) is 5.58. The second-order valence-corrected chi connectivity index (χ2v) is 8.90. The van der Waals surface area contributed by atoms with Crippen LogP contribution in [0.5, 0.6) is 11.5 Å². The molecule has 0 aliphatic carbocycles. The Morgan fingerprint density at radius 1 is 1.07 bits per heavy atom. The normalized spacial score (nSPS) is 15.3. The van der Waals surface area contributed by atoms with Crippen LogP contribution < -0.4 is 9.47 Å². The highest BCUT2D eigenvalue weighted by atomic mass is 35.5. The highest BCUT2D eigenvalue weighted by Gasteiger charge is 2.27. The van der Waals surface area contributed by atoms with Crippen molar-refractivity contribution in [2.45, 2.75) is 23.5 Å². The van der Waals surface area contributed by atoms with Crippen molar-refractivity contribution in [3.05, 3.63) is 81.1 Å². The van der Waals surface area contributed by atoms with Gasteiger partial charge in [-0.15, -0.1) is 21.5 Å². The van der Waals surface area contributed by atoms with Crippen molar-refractivity contribution in [3.8, 4) is 11.5 Å². The molecule has 5 rings (SSSR count). The van der Waals surface area contributed by atoms with E-state index in [1.54, 1.807) is 11.3 Å². The van der Waals surface area contributed by atoms with Gasteiger partial charge in [0, 0.05) is 22.6 Å². The van der Waals surface area contributed by atoms with Gasteiger partial charge in [0.1, 0.15) is 6.61 Å². The molecule has 0 radical (unpaired) electrons. The van der Waals surface area contributed by atoms with Crippen molar-refractivity contribution in [2.24, 2.45) is 0 Å². The lowest BCUT2D eigenvalue weighted by atomic mass is 10.2. The lowest BCUT2D eigenvalue weighted by Crippen LogP contribution is -2.21. The van der Waals surface area contributed by atoms with Crippen LogP contribution in [-0.4, -0.2) is 21.8 Å². The summed E-state index contributed by atoms with van der Waals surface area (Å²) in [4.78, 5) is 4.69. The first-order chi connectivity index (χ1) is 14.7. The quantitative estimate of drug-likeness (QED) is 0.350. The number of halogens is 1. The maximum Gasteiger partial charge on any atom is 0.277 e. The van der Waals surface area contributed by atoms with Gasteiger partial charge in [-0.3, -0.25) is 0 Å². The van der Waals surface area contributed by atoms with Gasteiger partial charge in [0.25, 0.3) is 11.1 Å². The van der Waals surface area contributed by atoms with E-state index in [0.29, 0.717) is 29.2 Å². The zero-order valence-electron chi connectivity index (χ0n) is 15.7. The second-order valence-electron chi connectivity index (χ2n) is 6.59. The predicted molar refractivity (Wildman–Crippen MR) is 116 cm³/mol. The van der Waals surface area contributed by atoms with E-state index in [1.165, 1.54) is 17.3 Å². The van der Waals surface area contributed by atoms with Crippen LogP contribution >= 0.6 is 34.7 Å². The third-order valence-electron chi connectivity index (χ3n) is 4.42. The molecule has 1 atom stereocenters. The Morgan fingerprint density at radius 3 is 2.77 bits per heavy atom. The van der Waals surface area contributed by atoms with Crippen LogP contribution in [0.15, 0.2) is 63.6 Å². The molecule has 0 spiro atoms. The lowest BCUT2D eigenvalue weighted by molar-refractivity contribution is 0.0686. The minimum atomic E-state index is -0.410. The molecule has 152 valence electrons. The molecule has 0 fully saturated rings. The molecule has 4 aromatic rings. The van der Waals surface area contributed by atoms with E-state index in [-0.39, 0.29) is 0 Å². The van der Waals surface area contributed by atoms with Crippen LogP contribution in [0.4, 0.5) is 0 Å². The van der Waals surface area contributed by atoms with Gasteiger partial charge in [0.15, 0.2) is 11.5 Å². The molecule has 1 aliphatic heterocycles. The minimum Gasteiger partial charge on any atom is -0.485 e. The van der Waals surface area contributed by atoms with Crippen LogP contribution in [0.2, 0.25) is 5.02 Å². The van der Waals surface area contributed by atoms with Gasteiger partial charge < -0.3 is 13.9 Å². The Kier molecular flexibility index (Phi) is 5.61. The molecule has 1 unspecified atom stereocenters. The average Bonchev–Trinajstić information content (AvgIpc) is 3.43. The highest BCUT2D eigenvalue weighted by Crippen LogP contribution is 2.36. The van der Waals surface area contributed by atoms with Gasteiger partial charge in [-0.1, -0.05) is 47.6 Å². The molecule has 0 amide bonds. The molecular formula is C21H16ClN3O3S2. The zero-order valence-corrected chi connectivity index (χ0v) is 18.0. The number of ether oxygens (including phenoxy) is 2. The summed E-state index contributed by atoms with van der Waals surface area (Å²) in [7, 11) is 0. The number of para-hydroxylation sites is 2. The van der Waals surface area contributed by atoms with E-state index < -0.39 is 6.10 Å². The maximum absolute atomic E-state index is 5.94. The largest absolute Gasteiger partial charge is 0.485 e. The van der Waals surface area contributed by atoms with Crippen LogP contribution in [0.25, 0.3) is 0 Å². The molecule has 0 saturated carbocycles. The van der Waals surface area contributed by atoms with Crippen LogP contribution in [0.3, 0.4) is 0 Å². The first kappa shape index (κ1) is 19.4. The third-order valence-corrected chi connectivity index (χ3v) is 6.42. The number of fused-ring (bicyclic) bond motifs is 1. The van der Waals surface area contributed by atoms with E-state index in [4.69, 9.17) is 30.5 Å². The van der Waals surface area contributed by atoms with Crippen molar-refractivity contribution in [1.82, 2.24) is 15.2 Å². The van der Waals surface area contributed by atoms with Gasteiger partial charge in [-0.25, -0.2) is 4.98 Å². The number of aromatic nitrogens is 3. The summed E-state index contributed by atoms with van der Waals surface area (Å²) in [5.41, 5.74) is 2.17. The third kappa shape index (κ3) is 4.45. The van der Waals surface area contributed by atoms with Crippen molar-refractivity contribution < 1.29 is 13.9 Å². The van der Waals surface area contributed by atoms with Gasteiger partial charge in [0.05, 0.1) is 10.7 Å². The van der Waals surface area contributed by atoms with Gasteiger partial charge >= 0.3 is 0 Å². The highest BCUT2D eigenvalue weighted by molar-refractivity contribution is 7.98. The average molecular weight is 458 g/mol. The SMILES string of the molecule is Clc1ccc(Cc2nc(CSc3nnc(C4COc5ccccc5O4)o3)cs2)cc1. The van der Waals surface area contributed by atoms with Crippen LogP contribution in [0, 0.1) is 0 Å². The molecule has 6 nitrogen and oxygen atoms in total. The number of thioether (sulfide) groups is 1.